The summed E-state index contributed by atoms with van der Waals surface area (Å²) >= 11 is 0. The molecular weight excluding hydrogens is 336 g/mol. The Morgan fingerprint density at radius 3 is 2.38 bits per heavy atom. The molecule has 3 rings (SSSR count). The molecule has 26 heavy (non-hydrogen) atoms. The van der Waals surface area contributed by atoms with Crippen LogP contribution in [0.1, 0.15) is 22.5 Å². The van der Waals surface area contributed by atoms with Gasteiger partial charge in [-0.1, -0.05) is 0 Å². The largest absolute Gasteiger partial charge is 0.486 e. The van der Waals surface area contributed by atoms with E-state index < -0.39 is 4.92 Å². The molecule has 0 unspecified atom stereocenters. The highest BCUT2D eigenvalue weighted by molar-refractivity contribution is 5.89. The molecule has 0 amide bonds. The molecule has 134 valence electrons. The van der Waals surface area contributed by atoms with Crippen molar-refractivity contribution >= 4 is 22.3 Å². The van der Waals surface area contributed by atoms with E-state index in [1.807, 2.05) is 13.8 Å². The molecule has 7 nitrogen and oxygen atoms in total. The summed E-state index contributed by atoms with van der Waals surface area (Å²) in [5.74, 6) is 0.812. The molecule has 7 heteroatoms. The van der Waals surface area contributed by atoms with Gasteiger partial charge < -0.3 is 14.9 Å². The number of anilines is 1. The number of nitrogen functional groups attached to an aromatic ring is 1. The van der Waals surface area contributed by atoms with Crippen molar-refractivity contribution in [3.63, 3.8) is 0 Å². The molecule has 0 fully saturated rings. The van der Waals surface area contributed by atoms with Crippen molar-refractivity contribution in [1.82, 2.24) is 0 Å². The standard InChI is InChI=1S/C19H18N2O5/c1-10-11(2)19-17(12(3)18(10)20)16(22)8-15(26-19)9-25-14-6-4-13(5-7-14)21(23)24/h4-8H,9,20H2,1-3H3. The number of nitrogens with two attached hydrogens (primary N) is 1. The Labute approximate surface area is 149 Å². The minimum Gasteiger partial charge on any atom is -0.486 e. The van der Waals surface area contributed by atoms with Crippen molar-refractivity contribution in [2.24, 2.45) is 0 Å². The zero-order chi connectivity index (χ0) is 19.0. The van der Waals surface area contributed by atoms with Crippen LogP contribution in [0.4, 0.5) is 11.4 Å². The van der Waals surface area contributed by atoms with Gasteiger partial charge in [0.15, 0.2) is 5.43 Å². The molecule has 0 spiro atoms. The fourth-order valence-electron chi connectivity index (χ4n) is 2.84. The summed E-state index contributed by atoms with van der Waals surface area (Å²) in [6, 6.07) is 7.08. The summed E-state index contributed by atoms with van der Waals surface area (Å²) in [4.78, 5) is 22.7. The number of ether oxygens (including phenoxy) is 1. The van der Waals surface area contributed by atoms with Gasteiger partial charge in [0.1, 0.15) is 23.7 Å². The predicted molar refractivity (Wildman–Crippen MR) is 98.5 cm³/mol. The van der Waals surface area contributed by atoms with E-state index in [9.17, 15) is 14.9 Å². The number of benzene rings is 2. The number of hydrogen-bond acceptors (Lipinski definition) is 6. The van der Waals surface area contributed by atoms with Gasteiger partial charge in [0, 0.05) is 23.9 Å². The summed E-state index contributed by atoms with van der Waals surface area (Å²) in [5, 5.41) is 11.1. The maximum atomic E-state index is 12.5. The zero-order valence-electron chi connectivity index (χ0n) is 14.7. The van der Waals surface area contributed by atoms with Crippen molar-refractivity contribution in [2.75, 3.05) is 5.73 Å². The lowest BCUT2D eigenvalue weighted by Gasteiger charge is -2.13. The van der Waals surface area contributed by atoms with E-state index >= 15 is 0 Å². The van der Waals surface area contributed by atoms with Crippen LogP contribution in [0.2, 0.25) is 0 Å². The number of hydrogen-bond donors (Lipinski definition) is 1. The minimum absolute atomic E-state index is 0.0197. The fourth-order valence-corrected chi connectivity index (χ4v) is 2.84. The second-order valence-electron chi connectivity index (χ2n) is 6.11. The third kappa shape index (κ3) is 2.99. The summed E-state index contributed by atoms with van der Waals surface area (Å²) in [7, 11) is 0. The van der Waals surface area contributed by atoms with Crippen LogP contribution in [0.3, 0.4) is 0 Å². The molecule has 2 N–H and O–H groups in total. The average molecular weight is 354 g/mol. The van der Waals surface area contributed by atoms with Crippen molar-refractivity contribution < 1.29 is 14.1 Å². The average Bonchev–Trinajstić information content (AvgIpc) is 2.62. The maximum Gasteiger partial charge on any atom is 0.269 e. The van der Waals surface area contributed by atoms with Gasteiger partial charge in [-0.15, -0.1) is 0 Å². The van der Waals surface area contributed by atoms with Crippen LogP contribution in [0.25, 0.3) is 11.0 Å². The van der Waals surface area contributed by atoms with Crippen molar-refractivity contribution in [1.29, 1.82) is 0 Å². The normalized spacial score (nSPS) is 10.9. The minimum atomic E-state index is -0.481. The molecule has 1 heterocycles. The summed E-state index contributed by atoms with van der Waals surface area (Å²) in [5.41, 5.74) is 9.38. The van der Waals surface area contributed by atoms with Crippen LogP contribution in [-0.4, -0.2) is 4.92 Å². The summed E-state index contributed by atoms with van der Waals surface area (Å²) in [6.45, 7) is 5.58. The van der Waals surface area contributed by atoms with E-state index in [2.05, 4.69) is 0 Å². The van der Waals surface area contributed by atoms with Crippen LogP contribution in [-0.2, 0) is 6.61 Å². The Kier molecular flexibility index (Phi) is 4.38. The SMILES string of the molecule is Cc1c(N)c(C)c2c(=O)cc(COc3ccc([N+](=O)[O-])cc3)oc2c1C. The lowest BCUT2D eigenvalue weighted by Crippen LogP contribution is -2.09. The van der Waals surface area contributed by atoms with E-state index in [1.54, 1.807) is 6.92 Å². The molecule has 0 saturated heterocycles. The van der Waals surface area contributed by atoms with Crippen LogP contribution < -0.4 is 15.9 Å². The van der Waals surface area contributed by atoms with Crippen LogP contribution in [0, 0.1) is 30.9 Å². The first kappa shape index (κ1) is 17.5. The highest BCUT2D eigenvalue weighted by Crippen LogP contribution is 2.30. The molecule has 0 aliphatic carbocycles. The van der Waals surface area contributed by atoms with Gasteiger partial charge in [-0.05, 0) is 49.6 Å². The number of nitrogens with zero attached hydrogens (tertiary/aromatic N) is 1. The predicted octanol–water partition coefficient (Wildman–Crippen LogP) is 3.79. The first-order valence-electron chi connectivity index (χ1n) is 7.98. The second-order valence-corrected chi connectivity index (χ2v) is 6.11. The van der Waals surface area contributed by atoms with Gasteiger partial charge in [-0.2, -0.15) is 0 Å². The summed E-state index contributed by atoms with van der Waals surface area (Å²) in [6.07, 6.45) is 0. The number of nitro benzene ring substituents is 1. The monoisotopic (exact) mass is 354 g/mol. The molecule has 0 aliphatic heterocycles. The number of non-ortho nitro benzene ring substituents is 1. The molecular formula is C19H18N2O5. The molecule has 0 bridgehead atoms. The van der Waals surface area contributed by atoms with E-state index in [0.717, 1.165) is 11.1 Å². The molecule has 2 aromatic carbocycles. The Hall–Kier alpha value is -3.35. The second kappa shape index (κ2) is 6.51. The van der Waals surface area contributed by atoms with Crippen molar-refractivity contribution in [3.05, 3.63) is 73.1 Å². The third-order valence-electron chi connectivity index (χ3n) is 4.51. The number of nitro groups is 1. The third-order valence-corrected chi connectivity index (χ3v) is 4.51. The van der Waals surface area contributed by atoms with Gasteiger partial charge in [0.25, 0.3) is 5.69 Å². The van der Waals surface area contributed by atoms with Crippen molar-refractivity contribution in [2.45, 2.75) is 27.4 Å². The molecule has 0 atom stereocenters. The van der Waals surface area contributed by atoms with Gasteiger partial charge in [-0.3, -0.25) is 14.9 Å². The zero-order valence-corrected chi connectivity index (χ0v) is 14.7. The first-order valence-corrected chi connectivity index (χ1v) is 7.98. The number of rotatable bonds is 4. The van der Waals surface area contributed by atoms with Crippen LogP contribution in [0.5, 0.6) is 5.75 Å². The fraction of sp³-hybridized carbons (Fsp3) is 0.211. The van der Waals surface area contributed by atoms with E-state index in [-0.39, 0.29) is 17.7 Å². The van der Waals surface area contributed by atoms with Gasteiger partial charge in [-0.25, -0.2) is 0 Å². The van der Waals surface area contributed by atoms with E-state index in [4.69, 9.17) is 14.9 Å². The van der Waals surface area contributed by atoms with Crippen LogP contribution in [0.15, 0.2) is 39.5 Å². The molecule has 0 radical (unpaired) electrons. The Bertz CT molecular complexity index is 1070. The Balaban J connectivity index is 1.94. The smallest absolute Gasteiger partial charge is 0.269 e. The lowest BCUT2D eigenvalue weighted by atomic mass is 9.98. The molecule has 0 aliphatic rings. The molecule has 3 aromatic rings. The van der Waals surface area contributed by atoms with E-state index in [1.165, 1.54) is 30.3 Å². The highest BCUT2D eigenvalue weighted by Gasteiger charge is 2.16. The van der Waals surface area contributed by atoms with Gasteiger partial charge in [0.05, 0.1) is 10.3 Å². The molecule has 0 saturated carbocycles. The van der Waals surface area contributed by atoms with Crippen LogP contribution >= 0.6 is 0 Å². The first-order chi connectivity index (χ1) is 12.3. The van der Waals surface area contributed by atoms with Gasteiger partial charge >= 0.3 is 0 Å². The topological polar surface area (TPSA) is 109 Å². The van der Waals surface area contributed by atoms with E-state index in [0.29, 0.717) is 33.7 Å². The Morgan fingerprint density at radius 2 is 1.77 bits per heavy atom. The maximum absolute atomic E-state index is 12.5. The van der Waals surface area contributed by atoms with Crippen molar-refractivity contribution in [3.8, 4) is 5.75 Å². The Morgan fingerprint density at radius 1 is 1.12 bits per heavy atom. The number of aryl methyl sites for hydroxylation is 2. The highest BCUT2D eigenvalue weighted by atomic mass is 16.6. The number of fused-ring (bicyclic) bond motifs is 1. The quantitative estimate of drug-likeness (QED) is 0.434. The molecule has 1 aromatic heterocycles. The summed E-state index contributed by atoms with van der Waals surface area (Å²) < 4.78 is 11.5. The van der Waals surface area contributed by atoms with Gasteiger partial charge in [0.2, 0.25) is 0 Å². The lowest BCUT2D eigenvalue weighted by molar-refractivity contribution is -0.384.